The van der Waals surface area contributed by atoms with E-state index in [1.807, 2.05) is 12.1 Å². The number of aryl methyl sites for hydroxylation is 1. The Morgan fingerprint density at radius 2 is 1.65 bits per heavy atom. The number of hydrogen-bond donors (Lipinski definition) is 0. The van der Waals surface area contributed by atoms with Gasteiger partial charge in [-0.15, -0.1) is 0 Å². The number of nitrogens with zero attached hydrogens (tertiary/aromatic N) is 1. The Morgan fingerprint density at radius 1 is 0.962 bits per heavy atom. The van der Waals surface area contributed by atoms with Crippen molar-refractivity contribution in [1.82, 2.24) is 4.90 Å². The maximum atomic E-state index is 5.77. The molecule has 0 N–H and O–H groups in total. The largest absolute Gasteiger partial charge is 0.467 e. The molecule has 0 aliphatic heterocycles. The number of benzene rings is 2. The number of para-hydroxylation sites is 1. The van der Waals surface area contributed by atoms with Crippen LogP contribution in [0.15, 0.2) is 42.5 Å². The summed E-state index contributed by atoms with van der Waals surface area (Å²) in [7, 11) is 2.21. The molecule has 4 heteroatoms. The molecule has 1 unspecified atom stereocenters. The van der Waals surface area contributed by atoms with Gasteiger partial charge in [-0.05, 0) is 57.1 Å². The van der Waals surface area contributed by atoms with Crippen molar-refractivity contribution >= 4 is 19.2 Å². The summed E-state index contributed by atoms with van der Waals surface area (Å²) in [6.07, 6.45) is 0. The molecule has 0 amide bonds. The normalized spacial score (nSPS) is 12.0. The van der Waals surface area contributed by atoms with Crippen LogP contribution in [0, 0.1) is 6.92 Å². The molecule has 26 heavy (non-hydrogen) atoms. The molecule has 0 saturated heterocycles. The monoisotopic (exact) mass is 373 g/mol. The molecule has 0 spiro atoms. The van der Waals surface area contributed by atoms with Crippen molar-refractivity contribution < 1.29 is 9.47 Å². The molecular formula is C22H32NO2P. The van der Waals surface area contributed by atoms with E-state index in [2.05, 4.69) is 69.9 Å². The fourth-order valence-corrected chi connectivity index (χ4v) is 4.48. The number of ether oxygens (including phenoxy) is 2. The molecule has 2 aromatic rings. The summed E-state index contributed by atoms with van der Waals surface area (Å²) in [5.74, 6) is 0.909. The predicted molar refractivity (Wildman–Crippen MR) is 114 cm³/mol. The molecule has 1 atom stereocenters. The van der Waals surface area contributed by atoms with Crippen LogP contribution in [0.2, 0.25) is 0 Å². The molecule has 0 saturated carbocycles. The highest BCUT2D eigenvalue weighted by Gasteiger charge is 2.17. The van der Waals surface area contributed by atoms with Crippen molar-refractivity contribution in [3.8, 4) is 5.75 Å². The average Bonchev–Trinajstić information content (AvgIpc) is 2.60. The lowest BCUT2D eigenvalue weighted by Gasteiger charge is -2.31. The number of hydrogen-bond acceptors (Lipinski definition) is 3. The van der Waals surface area contributed by atoms with Crippen molar-refractivity contribution in [1.29, 1.82) is 0 Å². The standard InChI is InChI=1S/C22H32NO2P/c1-16(2)23(17(3)4)14-19-11-9-10-18(5)22(19)26-21-13-8-7-12-20(21)25-15-24-6/h7-13,16-17,26H,14-15H2,1-6H3. The van der Waals surface area contributed by atoms with Gasteiger partial charge in [-0.1, -0.05) is 45.0 Å². The third-order valence-electron chi connectivity index (χ3n) is 4.52. The first-order valence-corrected chi connectivity index (χ1v) is 10.3. The van der Waals surface area contributed by atoms with Crippen molar-refractivity contribution in [3.05, 3.63) is 53.6 Å². The Bertz CT molecular complexity index is 692. The molecule has 2 rings (SSSR count). The summed E-state index contributed by atoms with van der Waals surface area (Å²) < 4.78 is 10.8. The zero-order chi connectivity index (χ0) is 19.1. The van der Waals surface area contributed by atoms with E-state index in [9.17, 15) is 0 Å². The van der Waals surface area contributed by atoms with Crippen molar-refractivity contribution in [2.75, 3.05) is 13.9 Å². The highest BCUT2D eigenvalue weighted by molar-refractivity contribution is 7.56. The van der Waals surface area contributed by atoms with Gasteiger partial charge >= 0.3 is 0 Å². The fraction of sp³-hybridized carbons (Fsp3) is 0.455. The van der Waals surface area contributed by atoms with Gasteiger partial charge in [0.15, 0.2) is 6.79 Å². The van der Waals surface area contributed by atoms with Gasteiger partial charge in [0, 0.05) is 31.0 Å². The molecule has 0 aliphatic rings. The smallest absolute Gasteiger partial charge is 0.188 e. The minimum atomic E-state index is 0.274. The average molecular weight is 373 g/mol. The quantitative estimate of drug-likeness (QED) is 0.485. The van der Waals surface area contributed by atoms with Crippen LogP contribution in [0.25, 0.3) is 0 Å². The Labute approximate surface area is 160 Å². The third kappa shape index (κ3) is 5.54. The molecule has 3 nitrogen and oxygen atoms in total. The molecule has 2 aromatic carbocycles. The van der Waals surface area contributed by atoms with Crippen LogP contribution in [-0.4, -0.2) is 30.9 Å². The maximum Gasteiger partial charge on any atom is 0.188 e. The van der Waals surface area contributed by atoms with E-state index in [4.69, 9.17) is 9.47 Å². The van der Waals surface area contributed by atoms with E-state index >= 15 is 0 Å². The lowest BCUT2D eigenvalue weighted by molar-refractivity contribution is 0.0519. The summed E-state index contributed by atoms with van der Waals surface area (Å²) >= 11 is 0. The maximum absolute atomic E-state index is 5.77. The van der Waals surface area contributed by atoms with Crippen LogP contribution in [0.3, 0.4) is 0 Å². The van der Waals surface area contributed by atoms with Gasteiger partial charge < -0.3 is 9.47 Å². The second kappa shape index (κ2) is 10.1. The molecule has 0 bridgehead atoms. The molecule has 0 aromatic heterocycles. The van der Waals surface area contributed by atoms with Crippen molar-refractivity contribution in [2.45, 2.75) is 53.2 Å². The van der Waals surface area contributed by atoms with E-state index in [0.29, 0.717) is 20.7 Å². The Morgan fingerprint density at radius 3 is 2.31 bits per heavy atom. The minimum absolute atomic E-state index is 0.274. The summed E-state index contributed by atoms with van der Waals surface area (Å²) in [4.78, 5) is 2.54. The van der Waals surface area contributed by atoms with Crippen LogP contribution in [0.5, 0.6) is 5.75 Å². The van der Waals surface area contributed by atoms with Crippen LogP contribution in [-0.2, 0) is 11.3 Å². The van der Waals surface area contributed by atoms with Gasteiger partial charge in [-0.2, -0.15) is 0 Å². The lowest BCUT2D eigenvalue weighted by atomic mass is 10.1. The summed E-state index contributed by atoms with van der Waals surface area (Å²) in [5, 5.41) is 2.65. The zero-order valence-electron chi connectivity index (χ0n) is 16.9. The summed E-state index contributed by atoms with van der Waals surface area (Å²) in [6, 6.07) is 15.9. The molecule has 0 aliphatic carbocycles. The van der Waals surface area contributed by atoms with Crippen LogP contribution < -0.4 is 15.3 Å². The fourth-order valence-electron chi connectivity index (χ4n) is 3.15. The van der Waals surface area contributed by atoms with Gasteiger partial charge in [-0.3, -0.25) is 4.90 Å². The van der Waals surface area contributed by atoms with Crippen LogP contribution >= 0.6 is 8.58 Å². The second-order valence-corrected chi connectivity index (χ2v) is 8.43. The van der Waals surface area contributed by atoms with Crippen LogP contribution in [0.4, 0.5) is 0 Å². The van der Waals surface area contributed by atoms with E-state index < -0.39 is 0 Å². The van der Waals surface area contributed by atoms with E-state index in [-0.39, 0.29) is 6.79 Å². The van der Waals surface area contributed by atoms with Gasteiger partial charge in [0.1, 0.15) is 5.75 Å². The highest BCUT2D eigenvalue weighted by atomic mass is 31.1. The number of methoxy groups -OCH3 is 1. The topological polar surface area (TPSA) is 21.7 Å². The molecule has 142 valence electrons. The van der Waals surface area contributed by atoms with Crippen molar-refractivity contribution in [3.63, 3.8) is 0 Å². The third-order valence-corrected chi connectivity index (χ3v) is 6.17. The summed E-state index contributed by atoms with van der Waals surface area (Å²) in [5.41, 5.74) is 2.75. The Balaban J connectivity index is 2.33. The summed E-state index contributed by atoms with van der Waals surface area (Å²) in [6.45, 7) is 12.5. The second-order valence-electron chi connectivity index (χ2n) is 7.14. The first kappa shape index (κ1) is 20.9. The van der Waals surface area contributed by atoms with Gasteiger partial charge in [0.25, 0.3) is 0 Å². The first-order chi connectivity index (χ1) is 12.4. The minimum Gasteiger partial charge on any atom is -0.467 e. The Hall–Kier alpha value is -1.41. The first-order valence-electron chi connectivity index (χ1n) is 9.26. The molecular weight excluding hydrogens is 341 g/mol. The molecule has 0 radical (unpaired) electrons. The lowest BCUT2D eigenvalue weighted by Crippen LogP contribution is -2.37. The highest BCUT2D eigenvalue weighted by Crippen LogP contribution is 2.24. The predicted octanol–water partition coefficient (Wildman–Crippen LogP) is 4.23. The van der Waals surface area contributed by atoms with Crippen LogP contribution in [0.1, 0.15) is 38.8 Å². The van der Waals surface area contributed by atoms with E-state index in [0.717, 1.165) is 12.3 Å². The van der Waals surface area contributed by atoms with Gasteiger partial charge in [0.05, 0.1) is 0 Å². The van der Waals surface area contributed by atoms with E-state index in [1.165, 1.54) is 21.7 Å². The van der Waals surface area contributed by atoms with Gasteiger partial charge in [0.2, 0.25) is 0 Å². The van der Waals surface area contributed by atoms with Gasteiger partial charge in [-0.25, -0.2) is 0 Å². The number of rotatable bonds is 9. The van der Waals surface area contributed by atoms with Crippen molar-refractivity contribution in [2.24, 2.45) is 0 Å². The zero-order valence-corrected chi connectivity index (χ0v) is 17.9. The Kier molecular flexibility index (Phi) is 8.09. The molecule has 0 fully saturated rings. The SMILES string of the molecule is COCOc1ccccc1Pc1c(C)cccc1CN(C(C)C)C(C)C. The van der Waals surface area contributed by atoms with E-state index in [1.54, 1.807) is 7.11 Å². The molecule has 0 heterocycles.